The first-order valence-electron chi connectivity index (χ1n) is 6.79. The Hall–Kier alpha value is -2.49. The molecule has 0 fully saturated rings. The molecule has 0 saturated heterocycles. The largest absolute Gasteiger partial charge is 0.456 e. The van der Waals surface area contributed by atoms with Crippen molar-refractivity contribution in [2.24, 2.45) is 0 Å². The van der Waals surface area contributed by atoms with Crippen molar-refractivity contribution in [3.63, 3.8) is 0 Å². The van der Waals surface area contributed by atoms with E-state index in [2.05, 4.69) is 0 Å². The molecule has 3 aromatic rings. The molecule has 0 atom stereocenters. The van der Waals surface area contributed by atoms with Crippen molar-refractivity contribution in [1.29, 1.82) is 0 Å². The van der Waals surface area contributed by atoms with E-state index < -0.39 is 0 Å². The van der Waals surface area contributed by atoms with Crippen molar-refractivity contribution in [2.45, 2.75) is 13.1 Å². The number of rotatable bonds is 4. The van der Waals surface area contributed by atoms with Gasteiger partial charge in [0.05, 0.1) is 7.85 Å². The third-order valence-electron chi connectivity index (χ3n) is 3.42. The van der Waals surface area contributed by atoms with Crippen LogP contribution in [0, 0.1) is 0 Å². The Morgan fingerprint density at radius 3 is 2.52 bits per heavy atom. The van der Waals surface area contributed by atoms with Gasteiger partial charge in [-0.05, 0) is 24.1 Å². The van der Waals surface area contributed by atoms with Gasteiger partial charge in [-0.3, -0.25) is 0 Å². The van der Waals surface area contributed by atoms with Gasteiger partial charge in [0, 0.05) is 10.9 Å². The third-order valence-corrected chi connectivity index (χ3v) is 3.42. The second-order valence-corrected chi connectivity index (χ2v) is 4.76. The van der Waals surface area contributed by atoms with E-state index in [4.69, 9.17) is 12.6 Å². The van der Waals surface area contributed by atoms with E-state index in [0.29, 0.717) is 5.69 Å². The summed E-state index contributed by atoms with van der Waals surface area (Å²) in [4.78, 5) is 12.3. The fourth-order valence-corrected chi connectivity index (χ4v) is 2.37. The molecule has 21 heavy (non-hydrogen) atoms. The average Bonchev–Trinajstić information content (AvgIpc) is 2.92. The Morgan fingerprint density at radius 1 is 1.05 bits per heavy atom. The Bertz CT molecular complexity index is 765. The van der Waals surface area contributed by atoms with Gasteiger partial charge in [-0.25, -0.2) is 4.79 Å². The number of carbonyl (C=O) groups excluding carboxylic acids is 1. The molecule has 3 rings (SSSR count). The lowest BCUT2D eigenvalue weighted by Gasteiger charge is -2.08. The van der Waals surface area contributed by atoms with E-state index in [1.807, 2.05) is 60.7 Å². The maximum atomic E-state index is 12.3. The van der Waals surface area contributed by atoms with Crippen LogP contribution in [0.15, 0.2) is 60.7 Å². The van der Waals surface area contributed by atoms with Gasteiger partial charge in [0.15, 0.2) is 0 Å². The van der Waals surface area contributed by atoms with E-state index >= 15 is 0 Å². The smallest absolute Gasteiger partial charge is 0.355 e. The molecule has 0 N–H and O–H groups in total. The number of nitrogens with zero attached hydrogens (tertiary/aromatic N) is 1. The van der Waals surface area contributed by atoms with Gasteiger partial charge in [-0.1, -0.05) is 48.5 Å². The predicted octanol–water partition coefficient (Wildman–Crippen LogP) is 3.12. The molecule has 4 heteroatoms. The summed E-state index contributed by atoms with van der Waals surface area (Å²) in [7, 11) is 5.76. The van der Waals surface area contributed by atoms with Crippen molar-refractivity contribution >= 4 is 24.7 Å². The molecule has 0 aliphatic rings. The summed E-state index contributed by atoms with van der Waals surface area (Å²) >= 11 is 0. The Labute approximate surface area is 124 Å². The third kappa shape index (κ3) is 2.70. The van der Waals surface area contributed by atoms with Gasteiger partial charge in [0.25, 0.3) is 0 Å². The van der Waals surface area contributed by atoms with Crippen molar-refractivity contribution in [3.05, 3.63) is 71.9 Å². The molecular formula is C17H14BNO2. The Kier molecular flexibility index (Phi) is 3.78. The standard InChI is InChI=1S/C17H14BNO2/c18-12-19-15-9-5-4-8-14(15)10-16(19)17(20)21-11-13-6-2-1-3-7-13/h1-10H,11-12H2. The van der Waals surface area contributed by atoms with Crippen LogP contribution < -0.4 is 0 Å². The van der Waals surface area contributed by atoms with Gasteiger partial charge < -0.3 is 9.30 Å². The molecule has 0 aliphatic heterocycles. The molecule has 1 aromatic heterocycles. The molecule has 0 saturated carbocycles. The number of aromatic nitrogens is 1. The average molecular weight is 275 g/mol. The highest BCUT2D eigenvalue weighted by Crippen LogP contribution is 2.20. The molecular weight excluding hydrogens is 261 g/mol. The summed E-state index contributed by atoms with van der Waals surface area (Å²) in [5.74, 6) is -0.361. The molecule has 0 unspecified atom stereocenters. The van der Waals surface area contributed by atoms with Gasteiger partial charge >= 0.3 is 5.97 Å². The van der Waals surface area contributed by atoms with Crippen LogP contribution in [0.3, 0.4) is 0 Å². The number of ether oxygens (including phenoxy) is 1. The Balaban J connectivity index is 1.84. The van der Waals surface area contributed by atoms with E-state index in [1.54, 1.807) is 4.57 Å². The molecule has 0 bridgehead atoms. The number of esters is 1. The number of carbonyl (C=O) groups is 1. The quantitative estimate of drug-likeness (QED) is 0.541. The lowest BCUT2D eigenvalue weighted by Crippen LogP contribution is -2.12. The van der Waals surface area contributed by atoms with Crippen molar-refractivity contribution < 1.29 is 9.53 Å². The molecule has 0 aliphatic carbocycles. The van der Waals surface area contributed by atoms with Gasteiger partial charge in [-0.15, -0.1) is 0 Å². The number of benzene rings is 2. The van der Waals surface area contributed by atoms with Gasteiger partial charge in [0.1, 0.15) is 12.3 Å². The molecule has 102 valence electrons. The molecule has 0 amide bonds. The summed E-state index contributed by atoms with van der Waals surface area (Å²) in [6.45, 7) is 0.256. The van der Waals surface area contributed by atoms with Crippen LogP contribution in [0.4, 0.5) is 0 Å². The number of hydrogen-bond acceptors (Lipinski definition) is 2. The molecule has 2 radical (unpaired) electrons. The number of hydrogen-bond donors (Lipinski definition) is 0. The summed E-state index contributed by atoms with van der Waals surface area (Å²) in [6, 6.07) is 19.2. The molecule has 0 spiro atoms. The van der Waals surface area contributed by atoms with Crippen LogP contribution in [0.5, 0.6) is 0 Å². The van der Waals surface area contributed by atoms with Crippen LogP contribution in [0.2, 0.25) is 0 Å². The zero-order chi connectivity index (χ0) is 14.7. The zero-order valence-corrected chi connectivity index (χ0v) is 11.5. The SMILES string of the molecule is [B]Cn1c(C(=O)OCc2ccccc2)cc2ccccc21. The summed E-state index contributed by atoms with van der Waals surface area (Å²) in [5.41, 5.74) is 2.38. The summed E-state index contributed by atoms with van der Waals surface area (Å²) in [5, 5.41) is 0.981. The normalized spacial score (nSPS) is 10.7. The molecule has 2 aromatic carbocycles. The minimum Gasteiger partial charge on any atom is -0.456 e. The fourth-order valence-electron chi connectivity index (χ4n) is 2.37. The first-order valence-corrected chi connectivity index (χ1v) is 6.79. The van der Waals surface area contributed by atoms with Crippen molar-refractivity contribution in [2.75, 3.05) is 0 Å². The highest BCUT2D eigenvalue weighted by atomic mass is 16.5. The minimum atomic E-state index is -0.361. The first-order chi connectivity index (χ1) is 10.3. The maximum absolute atomic E-state index is 12.3. The second kappa shape index (κ2) is 5.88. The minimum absolute atomic E-state index is 0.239. The van der Waals surface area contributed by atoms with Gasteiger partial charge in [0.2, 0.25) is 0 Å². The monoisotopic (exact) mass is 275 g/mol. The van der Waals surface area contributed by atoms with E-state index in [9.17, 15) is 4.79 Å². The summed E-state index contributed by atoms with van der Waals surface area (Å²) < 4.78 is 7.14. The topological polar surface area (TPSA) is 31.2 Å². The highest BCUT2D eigenvalue weighted by molar-refractivity contribution is 6.08. The van der Waals surface area contributed by atoms with Crippen molar-refractivity contribution in [1.82, 2.24) is 4.57 Å². The van der Waals surface area contributed by atoms with E-state index in [-0.39, 0.29) is 19.0 Å². The number of fused-ring (bicyclic) bond motifs is 1. The van der Waals surface area contributed by atoms with Crippen LogP contribution in [0.25, 0.3) is 10.9 Å². The van der Waals surface area contributed by atoms with Gasteiger partial charge in [-0.2, -0.15) is 0 Å². The number of para-hydroxylation sites is 1. The second-order valence-electron chi connectivity index (χ2n) is 4.76. The summed E-state index contributed by atoms with van der Waals surface area (Å²) in [6.07, 6.45) is 0.239. The first kappa shape index (κ1) is 13.5. The van der Waals surface area contributed by atoms with E-state index in [1.165, 1.54) is 0 Å². The van der Waals surface area contributed by atoms with Crippen LogP contribution >= 0.6 is 0 Å². The van der Waals surface area contributed by atoms with Crippen molar-refractivity contribution in [3.8, 4) is 0 Å². The highest BCUT2D eigenvalue weighted by Gasteiger charge is 2.15. The lowest BCUT2D eigenvalue weighted by atomic mass is 10.1. The predicted molar refractivity (Wildman–Crippen MR) is 83.3 cm³/mol. The fraction of sp³-hybridized carbons (Fsp3) is 0.118. The molecule has 1 heterocycles. The van der Waals surface area contributed by atoms with Crippen LogP contribution in [0.1, 0.15) is 16.1 Å². The van der Waals surface area contributed by atoms with Crippen LogP contribution in [-0.4, -0.2) is 18.4 Å². The Morgan fingerprint density at radius 2 is 1.76 bits per heavy atom. The lowest BCUT2D eigenvalue weighted by molar-refractivity contribution is 0.0461. The zero-order valence-electron chi connectivity index (χ0n) is 11.5. The van der Waals surface area contributed by atoms with Crippen LogP contribution in [-0.2, 0) is 17.8 Å². The van der Waals surface area contributed by atoms with E-state index in [0.717, 1.165) is 16.5 Å². The maximum Gasteiger partial charge on any atom is 0.355 e. The molecule has 3 nitrogen and oxygen atoms in total.